The number of carbonyl (C=O) groups is 1. The summed E-state index contributed by atoms with van der Waals surface area (Å²) in [5, 5.41) is 2.90. The molecular weight excluding hydrogens is 316 g/mol. The molecule has 1 amide bonds. The van der Waals surface area contributed by atoms with Crippen molar-refractivity contribution in [1.29, 1.82) is 0 Å². The highest BCUT2D eigenvalue weighted by Gasteiger charge is 2.10. The van der Waals surface area contributed by atoms with E-state index in [1.54, 1.807) is 13.2 Å². The molecule has 0 radical (unpaired) electrons. The predicted octanol–water partition coefficient (Wildman–Crippen LogP) is 3.34. The minimum absolute atomic E-state index is 0.0500. The fourth-order valence-corrected chi connectivity index (χ4v) is 2.46. The number of benzene rings is 2. The number of amides is 1. The third-order valence-corrected chi connectivity index (χ3v) is 3.93. The molecule has 2 aromatic rings. The predicted molar refractivity (Wildman–Crippen MR) is 100 cm³/mol. The molecule has 5 heteroatoms. The second-order valence-corrected chi connectivity index (χ2v) is 5.76. The molecule has 0 heterocycles. The van der Waals surface area contributed by atoms with E-state index in [0.29, 0.717) is 19.7 Å². The Hall–Kier alpha value is -2.53. The molecule has 25 heavy (non-hydrogen) atoms. The van der Waals surface area contributed by atoms with Gasteiger partial charge < -0.3 is 14.8 Å². The van der Waals surface area contributed by atoms with E-state index >= 15 is 0 Å². The minimum Gasteiger partial charge on any atom is -0.497 e. The summed E-state index contributed by atoms with van der Waals surface area (Å²) < 4.78 is 11.0. The average Bonchev–Trinajstić information content (AvgIpc) is 2.62. The van der Waals surface area contributed by atoms with E-state index in [0.717, 1.165) is 29.3 Å². The summed E-state index contributed by atoms with van der Waals surface area (Å²) in [6, 6.07) is 15.3. The number of hydrogen-bond donors (Lipinski definition) is 1. The van der Waals surface area contributed by atoms with E-state index in [4.69, 9.17) is 9.47 Å². The van der Waals surface area contributed by atoms with Gasteiger partial charge in [0.2, 0.25) is 5.91 Å². The van der Waals surface area contributed by atoms with Gasteiger partial charge in [0, 0.05) is 18.3 Å². The topological polar surface area (TPSA) is 50.8 Å². The standard InChI is InChI=1S/C20H26N2O3/c1-4-22(12-13-25-19-11-6-5-8-16(19)2)15-20(23)21-17-9-7-10-18(14-17)24-3/h5-11,14H,4,12-13,15H2,1-3H3,(H,21,23). The van der Waals surface area contributed by atoms with Gasteiger partial charge in [0.05, 0.1) is 13.7 Å². The fourth-order valence-electron chi connectivity index (χ4n) is 2.46. The van der Waals surface area contributed by atoms with E-state index in [9.17, 15) is 4.79 Å². The van der Waals surface area contributed by atoms with E-state index in [2.05, 4.69) is 5.32 Å². The van der Waals surface area contributed by atoms with Crippen molar-refractivity contribution in [2.45, 2.75) is 13.8 Å². The van der Waals surface area contributed by atoms with Gasteiger partial charge in [-0.2, -0.15) is 0 Å². The molecule has 2 rings (SSSR count). The summed E-state index contributed by atoms with van der Waals surface area (Å²) in [7, 11) is 1.61. The molecule has 0 bridgehead atoms. The number of carbonyl (C=O) groups excluding carboxylic acids is 1. The summed E-state index contributed by atoms with van der Waals surface area (Å²) in [5.41, 5.74) is 1.85. The number of likely N-dealkylation sites (N-methyl/N-ethyl adjacent to an activating group) is 1. The molecule has 1 N–H and O–H groups in total. The van der Waals surface area contributed by atoms with Crippen LogP contribution in [0.3, 0.4) is 0 Å². The first-order valence-electron chi connectivity index (χ1n) is 8.47. The normalized spacial score (nSPS) is 10.6. The number of ether oxygens (including phenoxy) is 2. The van der Waals surface area contributed by atoms with Crippen molar-refractivity contribution in [3.63, 3.8) is 0 Å². The van der Waals surface area contributed by atoms with E-state index in [1.807, 2.05) is 61.2 Å². The van der Waals surface area contributed by atoms with Crippen LogP contribution in [0.15, 0.2) is 48.5 Å². The maximum Gasteiger partial charge on any atom is 0.238 e. The Bertz CT molecular complexity index is 688. The van der Waals surface area contributed by atoms with Gasteiger partial charge in [-0.3, -0.25) is 9.69 Å². The summed E-state index contributed by atoms with van der Waals surface area (Å²) in [6.45, 7) is 6.40. The monoisotopic (exact) mass is 342 g/mol. The molecule has 0 spiro atoms. The lowest BCUT2D eigenvalue weighted by Gasteiger charge is -2.20. The van der Waals surface area contributed by atoms with Gasteiger partial charge in [0.25, 0.3) is 0 Å². The Morgan fingerprint density at radius 3 is 2.68 bits per heavy atom. The first-order valence-corrected chi connectivity index (χ1v) is 8.47. The molecule has 0 atom stereocenters. The van der Waals surface area contributed by atoms with E-state index in [-0.39, 0.29) is 5.91 Å². The Morgan fingerprint density at radius 1 is 1.16 bits per heavy atom. The molecule has 0 aliphatic carbocycles. The first-order chi connectivity index (χ1) is 12.1. The third-order valence-electron chi connectivity index (χ3n) is 3.93. The highest BCUT2D eigenvalue weighted by Crippen LogP contribution is 2.17. The van der Waals surface area contributed by atoms with Crippen LogP contribution in [-0.4, -0.2) is 44.2 Å². The second kappa shape index (κ2) is 9.69. The van der Waals surface area contributed by atoms with E-state index in [1.165, 1.54) is 0 Å². The summed E-state index contributed by atoms with van der Waals surface area (Å²) >= 11 is 0. The first kappa shape index (κ1) is 18.8. The molecule has 0 saturated carbocycles. The van der Waals surface area contributed by atoms with Gasteiger partial charge >= 0.3 is 0 Å². The van der Waals surface area contributed by atoms with Crippen molar-refractivity contribution in [2.75, 3.05) is 38.7 Å². The minimum atomic E-state index is -0.0500. The molecule has 0 saturated heterocycles. The summed E-state index contributed by atoms with van der Waals surface area (Å²) in [5.74, 6) is 1.56. The maximum atomic E-state index is 12.2. The van der Waals surface area contributed by atoms with Crippen molar-refractivity contribution < 1.29 is 14.3 Å². The van der Waals surface area contributed by atoms with E-state index < -0.39 is 0 Å². The number of hydrogen-bond acceptors (Lipinski definition) is 4. The molecule has 0 aromatic heterocycles. The molecule has 0 aliphatic rings. The zero-order valence-electron chi connectivity index (χ0n) is 15.1. The van der Waals surface area contributed by atoms with Crippen molar-refractivity contribution in [3.8, 4) is 11.5 Å². The van der Waals surface area contributed by atoms with Crippen molar-refractivity contribution in [2.24, 2.45) is 0 Å². The lowest BCUT2D eigenvalue weighted by Crippen LogP contribution is -2.36. The van der Waals surface area contributed by atoms with Crippen LogP contribution in [0.1, 0.15) is 12.5 Å². The number of nitrogens with zero attached hydrogens (tertiary/aromatic N) is 1. The molecule has 0 fully saturated rings. The number of para-hydroxylation sites is 1. The number of methoxy groups -OCH3 is 1. The van der Waals surface area contributed by atoms with Crippen LogP contribution in [-0.2, 0) is 4.79 Å². The average molecular weight is 342 g/mol. The van der Waals surface area contributed by atoms with Crippen LogP contribution in [0.5, 0.6) is 11.5 Å². The zero-order chi connectivity index (χ0) is 18.1. The lowest BCUT2D eigenvalue weighted by atomic mass is 10.2. The second-order valence-electron chi connectivity index (χ2n) is 5.76. The molecule has 2 aromatic carbocycles. The van der Waals surface area contributed by atoms with Gasteiger partial charge in [-0.15, -0.1) is 0 Å². The molecule has 5 nitrogen and oxygen atoms in total. The zero-order valence-corrected chi connectivity index (χ0v) is 15.1. The summed E-state index contributed by atoms with van der Waals surface area (Å²) in [6.07, 6.45) is 0. The highest BCUT2D eigenvalue weighted by molar-refractivity contribution is 5.92. The van der Waals surface area contributed by atoms with Crippen molar-refractivity contribution >= 4 is 11.6 Å². The van der Waals surface area contributed by atoms with Crippen LogP contribution >= 0.6 is 0 Å². The molecular formula is C20H26N2O3. The Balaban J connectivity index is 1.80. The van der Waals surface area contributed by atoms with Gasteiger partial charge in [0.1, 0.15) is 18.1 Å². The molecule has 0 aliphatic heterocycles. The van der Waals surface area contributed by atoms with Crippen LogP contribution < -0.4 is 14.8 Å². The number of rotatable bonds is 9. The van der Waals surface area contributed by atoms with Crippen molar-refractivity contribution in [3.05, 3.63) is 54.1 Å². The van der Waals surface area contributed by atoms with Crippen LogP contribution in [0.25, 0.3) is 0 Å². The van der Waals surface area contributed by atoms with Crippen LogP contribution in [0, 0.1) is 6.92 Å². The Morgan fingerprint density at radius 2 is 1.96 bits per heavy atom. The number of anilines is 1. The van der Waals surface area contributed by atoms with Gasteiger partial charge in [-0.05, 0) is 37.2 Å². The maximum absolute atomic E-state index is 12.2. The number of nitrogens with one attached hydrogen (secondary N) is 1. The third kappa shape index (κ3) is 6.12. The van der Waals surface area contributed by atoms with Crippen LogP contribution in [0.2, 0.25) is 0 Å². The highest BCUT2D eigenvalue weighted by atomic mass is 16.5. The lowest BCUT2D eigenvalue weighted by molar-refractivity contribution is -0.117. The fraction of sp³-hybridized carbons (Fsp3) is 0.350. The van der Waals surface area contributed by atoms with Gasteiger partial charge in [-0.25, -0.2) is 0 Å². The SMILES string of the molecule is CCN(CCOc1ccccc1C)CC(=O)Nc1cccc(OC)c1. The largest absolute Gasteiger partial charge is 0.497 e. The summed E-state index contributed by atoms with van der Waals surface area (Å²) in [4.78, 5) is 14.3. The smallest absolute Gasteiger partial charge is 0.238 e. The number of aryl methyl sites for hydroxylation is 1. The molecule has 0 unspecified atom stereocenters. The quantitative estimate of drug-likeness (QED) is 0.759. The molecule has 134 valence electrons. The van der Waals surface area contributed by atoms with Crippen molar-refractivity contribution in [1.82, 2.24) is 4.90 Å². The van der Waals surface area contributed by atoms with Crippen LogP contribution in [0.4, 0.5) is 5.69 Å². The Kier molecular flexibility index (Phi) is 7.29. The van der Waals surface area contributed by atoms with Gasteiger partial charge in [0.15, 0.2) is 0 Å². The Labute approximate surface area is 149 Å². The van der Waals surface area contributed by atoms with Gasteiger partial charge in [-0.1, -0.05) is 31.2 Å².